The summed E-state index contributed by atoms with van der Waals surface area (Å²) < 4.78 is 30.4. The van der Waals surface area contributed by atoms with Crippen LogP contribution in [0.4, 0.5) is 8.78 Å². The zero-order valence-corrected chi connectivity index (χ0v) is 17.9. The molecule has 1 aliphatic heterocycles. The molecule has 0 saturated carbocycles. The number of hydrogen-bond donors (Lipinski definition) is 0. The summed E-state index contributed by atoms with van der Waals surface area (Å²) >= 11 is 5.66. The molecule has 29 heavy (non-hydrogen) atoms. The van der Waals surface area contributed by atoms with E-state index in [1.54, 1.807) is 12.1 Å². The Morgan fingerprint density at radius 3 is 2.34 bits per heavy atom. The molecule has 1 saturated heterocycles. The van der Waals surface area contributed by atoms with Crippen LogP contribution in [0.15, 0.2) is 36.4 Å². The molecule has 3 rings (SSSR count). The second-order valence-corrected chi connectivity index (χ2v) is 8.14. The first-order chi connectivity index (χ1) is 13.7. The number of alkyl halides is 2. The first-order valence-electron chi connectivity index (χ1n) is 9.78. The Morgan fingerprint density at radius 2 is 1.76 bits per heavy atom. The highest BCUT2D eigenvalue weighted by Gasteiger charge is 2.23. The highest BCUT2D eigenvalue weighted by Crippen LogP contribution is 2.22. The molecule has 156 valence electrons. The van der Waals surface area contributed by atoms with Gasteiger partial charge in [0.2, 0.25) is 0 Å². The van der Waals surface area contributed by atoms with E-state index in [-0.39, 0.29) is 5.75 Å². The Kier molecular flexibility index (Phi) is 6.80. The minimum Gasteiger partial charge on any atom is -0.433 e. The standard InChI is InChI=1S/C22H27F2N3OS/c1-16-12-17(2)25-19(13-16)14-21(29)27-10-8-26(9-11-27)15-18-4-6-20(7-5-18)28-22(3,23)24/h4-7,12-13H,8-11,14-15H2,1-3H3. The normalized spacial score (nSPS) is 15.4. The average Bonchev–Trinajstić information content (AvgIpc) is 2.62. The molecule has 0 atom stereocenters. The number of ether oxygens (including phenoxy) is 1. The van der Waals surface area contributed by atoms with Gasteiger partial charge >= 0.3 is 6.11 Å². The van der Waals surface area contributed by atoms with Crippen molar-refractivity contribution in [2.75, 3.05) is 26.2 Å². The third-order valence-electron chi connectivity index (χ3n) is 4.83. The quantitative estimate of drug-likeness (QED) is 0.648. The Bertz CT molecular complexity index is 824. The molecule has 0 amide bonds. The fourth-order valence-electron chi connectivity index (χ4n) is 3.57. The molecule has 7 heteroatoms. The van der Waals surface area contributed by atoms with Gasteiger partial charge in [0, 0.05) is 57.5 Å². The van der Waals surface area contributed by atoms with E-state index in [4.69, 9.17) is 12.2 Å². The number of pyridine rings is 1. The van der Waals surface area contributed by atoms with Crippen molar-refractivity contribution >= 4 is 17.2 Å². The molecule has 0 bridgehead atoms. The number of piperazine rings is 1. The maximum Gasteiger partial charge on any atom is 0.394 e. The van der Waals surface area contributed by atoms with Crippen molar-refractivity contribution in [2.45, 2.75) is 39.8 Å². The molecule has 4 nitrogen and oxygen atoms in total. The fourth-order valence-corrected chi connectivity index (χ4v) is 3.90. The van der Waals surface area contributed by atoms with E-state index in [0.717, 1.165) is 61.6 Å². The van der Waals surface area contributed by atoms with Gasteiger partial charge in [-0.15, -0.1) is 0 Å². The van der Waals surface area contributed by atoms with Gasteiger partial charge in [-0.1, -0.05) is 24.4 Å². The van der Waals surface area contributed by atoms with Gasteiger partial charge in [0.1, 0.15) is 5.75 Å². The Labute approximate surface area is 176 Å². The van der Waals surface area contributed by atoms with Crippen LogP contribution in [0.3, 0.4) is 0 Å². The Morgan fingerprint density at radius 1 is 1.10 bits per heavy atom. The maximum absolute atomic E-state index is 12.9. The van der Waals surface area contributed by atoms with Crippen LogP contribution >= 0.6 is 12.2 Å². The summed E-state index contributed by atoms with van der Waals surface area (Å²) in [4.78, 5) is 10.1. The zero-order chi connectivity index (χ0) is 21.0. The summed E-state index contributed by atoms with van der Waals surface area (Å²) in [5.74, 6) is 0.177. The lowest BCUT2D eigenvalue weighted by atomic mass is 10.1. The van der Waals surface area contributed by atoms with Crippen LogP contribution in [0, 0.1) is 13.8 Å². The molecule has 1 aromatic heterocycles. The number of aromatic nitrogens is 1. The lowest BCUT2D eigenvalue weighted by Crippen LogP contribution is -2.48. The van der Waals surface area contributed by atoms with Gasteiger partial charge in [-0.3, -0.25) is 9.88 Å². The summed E-state index contributed by atoms with van der Waals surface area (Å²) in [5, 5.41) is 0. The highest BCUT2D eigenvalue weighted by atomic mass is 32.1. The van der Waals surface area contributed by atoms with E-state index < -0.39 is 6.11 Å². The van der Waals surface area contributed by atoms with Gasteiger partial charge in [-0.2, -0.15) is 8.78 Å². The minimum absolute atomic E-state index is 0.177. The van der Waals surface area contributed by atoms with Crippen LogP contribution in [0.1, 0.15) is 29.4 Å². The second kappa shape index (κ2) is 9.13. The van der Waals surface area contributed by atoms with Crippen molar-refractivity contribution in [3.05, 3.63) is 58.9 Å². The monoisotopic (exact) mass is 419 g/mol. The average molecular weight is 420 g/mol. The van der Waals surface area contributed by atoms with Crippen molar-refractivity contribution < 1.29 is 13.5 Å². The van der Waals surface area contributed by atoms with Crippen LogP contribution in [0.25, 0.3) is 0 Å². The number of aryl methyl sites for hydroxylation is 2. The van der Waals surface area contributed by atoms with Gasteiger partial charge in [0.05, 0.1) is 4.99 Å². The molecule has 0 unspecified atom stereocenters. The number of halogens is 2. The second-order valence-electron chi connectivity index (χ2n) is 7.66. The van der Waals surface area contributed by atoms with Gasteiger partial charge in [0.25, 0.3) is 0 Å². The summed E-state index contributed by atoms with van der Waals surface area (Å²) in [5.41, 5.74) is 4.33. The largest absolute Gasteiger partial charge is 0.433 e. The van der Waals surface area contributed by atoms with Crippen molar-refractivity contribution in [1.29, 1.82) is 0 Å². The molecular formula is C22H27F2N3OS. The summed E-state index contributed by atoms with van der Waals surface area (Å²) in [6.45, 7) is 9.18. The Balaban J connectivity index is 1.48. The van der Waals surface area contributed by atoms with E-state index in [1.165, 1.54) is 5.56 Å². The topological polar surface area (TPSA) is 28.6 Å². The summed E-state index contributed by atoms with van der Waals surface area (Å²) in [6.07, 6.45) is -2.47. The highest BCUT2D eigenvalue weighted by molar-refractivity contribution is 7.80. The predicted molar refractivity (Wildman–Crippen MR) is 115 cm³/mol. The zero-order valence-electron chi connectivity index (χ0n) is 17.1. The lowest BCUT2D eigenvalue weighted by molar-refractivity contribution is -0.158. The van der Waals surface area contributed by atoms with Crippen LogP contribution in [0.2, 0.25) is 0 Å². The molecule has 1 aliphatic rings. The Hall–Kier alpha value is -2.12. The molecule has 0 spiro atoms. The number of hydrogen-bond acceptors (Lipinski definition) is 4. The number of rotatable bonds is 6. The van der Waals surface area contributed by atoms with Crippen LogP contribution in [-0.4, -0.2) is 52.1 Å². The van der Waals surface area contributed by atoms with E-state index >= 15 is 0 Å². The maximum atomic E-state index is 12.9. The van der Waals surface area contributed by atoms with Crippen LogP contribution < -0.4 is 4.74 Å². The predicted octanol–water partition coefficient (Wildman–Crippen LogP) is 4.38. The lowest BCUT2D eigenvalue weighted by Gasteiger charge is -2.36. The minimum atomic E-state index is -3.16. The van der Waals surface area contributed by atoms with Crippen molar-refractivity contribution in [3.63, 3.8) is 0 Å². The van der Waals surface area contributed by atoms with Crippen molar-refractivity contribution in [1.82, 2.24) is 14.8 Å². The summed E-state index contributed by atoms with van der Waals surface area (Å²) in [6, 6.07) is 11.0. The SMILES string of the molecule is Cc1cc(C)nc(CC(=S)N2CCN(Cc3ccc(OC(C)(F)F)cc3)CC2)c1. The number of thiocarbonyl (C=S) groups is 1. The molecule has 2 heterocycles. The fraction of sp³-hybridized carbons (Fsp3) is 0.455. The van der Waals surface area contributed by atoms with E-state index in [0.29, 0.717) is 6.42 Å². The number of benzene rings is 1. The molecule has 0 radical (unpaired) electrons. The van der Waals surface area contributed by atoms with Gasteiger partial charge in [-0.05, 0) is 49.2 Å². The van der Waals surface area contributed by atoms with Crippen LogP contribution in [-0.2, 0) is 13.0 Å². The first kappa shape index (κ1) is 21.6. The van der Waals surface area contributed by atoms with Gasteiger partial charge in [-0.25, -0.2) is 0 Å². The van der Waals surface area contributed by atoms with Crippen molar-refractivity contribution in [2.24, 2.45) is 0 Å². The molecule has 2 aromatic rings. The summed E-state index contributed by atoms with van der Waals surface area (Å²) in [7, 11) is 0. The third kappa shape index (κ3) is 6.72. The number of nitrogens with zero attached hydrogens (tertiary/aromatic N) is 3. The molecule has 0 N–H and O–H groups in total. The third-order valence-corrected chi connectivity index (χ3v) is 5.24. The molecule has 0 aliphatic carbocycles. The van der Waals surface area contributed by atoms with Gasteiger partial charge in [0.15, 0.2) is 0 Å². The first-order valence-corrected chi connectivity index (χ1v) is 10.2. The molecule has 1 aromatic carbocycles. The van der Waals surface area contributed by atoms with Crippen LogP contribution in [0.5, 0.6) is 5.75 Å². The molecule has 1 fully saturated rings. The molecular weight excluding hydrogens is 392 g/mol. The van der Waals surface area contributed by atoms with E-state index in [9.17, 15) is 8.78 Å². The smallest absolute Gasteiger partial charge is 0.394 e. The van der Waals surface area contributed by atoms with Gasteiger partial charge < -0.3 is 9.64 Å². The van der Waals surface area contributed by atoms with Crippen molar-refractivity contribution in [3.8, 4) is 5.75 Å². The van der Waals surface area contributed by atoms with E-state index in [2.05, 4.69) is 38.6 Å². The van der Waals surface area contributed by atoms with E-state index in [1.807, 2.05) is 19.1 Å².